The molecule has 9 heteroatoms. The first-order valence-electron chi connectivity index (χ1n) is 14.5. The maximum Gasteiger partial charge on any atom is 0.342 e. The monoisotopic (exact) mass is 572 g/mol. The van der Waals surface area contributed by atoms with E-state index in [1.807, 2.05) is 19.1 Å². The van der Waals surface area contributed by atoms with E-state index in [9.17, 15) is 19.8 Å². The van der Waals surface area contributed by atoms with Crippen LogP contribution in [0.2, 0.25) is 18.1 Å². The van der Waals surface area contributed by atoms with Gasteiger partial charge in [0.2, 0.25) is 0 Å². The molecule has 222 valence electrons. The van der Waals surface area contributed by atoms with E-state index in [0.717, 1.165) is 38.2 Å². The number of carbonyl (C=O) groups is 2. The fraction of sp³-hybridized carbons (Fsp3) is 0.613. The third-order valence-corrected chi connectivity index (χ3v) is 12.8. The number of nitrogens with one attached hydrogen (secondary N) is 2. The van der Waals surface area contributed by atoms with Gasteiger partial charge in [0, 0.05) is 24.2 Å². The van der Waals surface area contributed by atoms with Gasteiger partial charge in [-0.1, -0.05) is 45.9 Å². The van der Waals surface area contributed by atoms with E-state index in [1.54, 1.807) is 25.2 Å². The fourth-order valence-electron chi connectivity index (χ4n) is 4.44. The molecule has 8 nitrogen and oxygen atoms in total. The van der Waals surface area contributed by atoms with Crippen LogP contribution < -0.4 is 15.1 Å². The number of hydrogen-bond donors (Lipinski definition) is 4. The standard InChI is InChI=1S/C31H48N2O6Si/c1-20-11-12-26(35)29(36)25(34)10-8-9-23-17-24(33-19-22-13-15-32-16-14-22)18-27(28(23)30(37)38-21(20)2)39-40(6,7)31(3,4)5/h8-9,11-12,17-18,20-22,25,29,32-34,36H,10,13-16,19H2,1-7H3/b9-8+,12-11-/t20-,21+,25+,29+/m1/s1. The predicted octanol–water partition coefficient (Wildman–Crippen LogP) is 4.93. The van der Waals surface area contributed by atoms with Gasteiger partial charge in [-0.05, 0) is 81.0 Å². The zero-order valence-electron chi connectivity index (χ0n) is 25.1. The summed E-state index contributed by atoms with van der Waals surface area (Å²) >= 11 is 0. The molecular weight excluding hydrogens is 524 g/mol. The number of esters is 1. The van der Waals surface area contributed by atoms with Crippen LogP contribution in [0.15, 0.2) is 30.4 Å². The third-order valence-electron chi connectivity index (χ3n) is 8.49. The molecule has 1 aromatic carbocycles. The highest BCUT2D eigenvalue weighted by Gasteiger charge is 2.40. The van der Waals surface area contributed by atoms with Crippen molar-refractivity contribution in [3.05, 3.63) is 41.5 Å². The van der Waals surface area contributed by atoms with E-state index >= 15 is 0 Å². The van der Waals surface area contributed by atoms with E-state index in [1.165, 1.54) is 6.08 Å². The van der Waals surface area contributed by atoms with Crippen molar-refractivity contribution in [2.45, 2.75) is 90.3 Å². The van der Waals surface area contributed by atoms with Crippen molar-refractivity contribution in [2.24, 2.45) is 11.8 Å². The Morgan fingerprint density at radius 2 is 1.77 bits per heavy atom. The number of rotatable bonds is 5. The number of benzene rings is 1. The molecule has 1 fully saturated rings. The smallest absolute Gasteiger partial charge is 0.342 e. The number of ether oxygens (including phenoxy) is 1. The summed E-state index contributed by atoms with van der Waals surface area (Å²) in [4.78, 5) is 26.1. The van der Waals surface area contributed by atoms with Gasteiger partial charge >= 0.3 is 5.97 Å². The second-order valence-corrected chi connectivity index (χ2v) is 17.5. The first-order chi connectivity index (χ1) is 18.7. The average Bonchev–Trinajstić information content (AvgIpc) is 2.88. The summed E-state index contributed by atoms with van der Waals surface area (Å²) in [6, 6.07) is 3.81. The molecule has 4 atom stereocenters. The summed E-state index contributed by atoms with van der Waals surface area (Å²) < 4.78 is 12.7. The molecule has 1 saturated heterocycles. The molecule has 0 radical (unpaired) electrons. The van der Waals surface area contributed by atoms with Gasteiger partial charge in [0.15, 0.2) is 5.78 Å². The molecule has 2 aliphatic heterocycles. The molecule has 2 aliphatic rings. The van der Waals surface area contributed by atoms with Crippen molar-refractivity contribution in [3.8, 4) is 5.75 Å². The van der Waals surface area contributed by atoms with Crippen molar-refractivity contribution < 1.29 is 29.0 Å². The quantitative estimate of drug-likeness (QED) is 0.290. The second-order valence-electron chi connectivity index (χ2n) is 12.8. The van der Waals surface area contributed by atoms with E-state index in [2.05, 4.69) is 44.5 Å². The van der Waals surface area contributed by atoms with Crippen molar-refractivity contribution in [1.82, 2.24) is 5.32 Å². The van der Waals surface area contributed by atoms with Crippen molar-refractivity contribution >= 4 is 31.8 Å². The van der Waals surface area contributed by atoms with Gasteiger partial charge in [-0.15, -0.1) is 0 Å². The van der Waals surface area contributed by atoms with Crippen LogP contribution in [0.4, 0.5) is 5.69 Å². The Bertz CT molecular complexity index is 1100. The van der Waals surface area contributed by atoms with Crippen LogP contribution in [-0.4, -0.2) is 68.2 Å². The van der Waals surface area contributed by atoms with Gasteiger partial charge in [0.25, 0.3) is 8.32 Å². The Labute approximate surface area is 240 Å². The molecule has 0 spiro atoms. The van der Waals surface area contributed by atoms with Crippen LogP contribution in [0.5, 0.6) is 5.75 Å². The second kappa shape index (κ2) is 13.5. The van der Waals surface area contributed by atoms with Crippen LogP contribution >= 0.6 is 0 Å². The Kier molecular flexibility index (Phi) is 10.8. The van der Waals surface area contributed by atoms with Crippen LogP contribution in [0.25, 0.3) is 6.08 Å². The lowest BCUT2D eigenvalue weighted by Gasteiger charge is -2.37. The molecule has 0 unspecified atom stereocenters. The van der Waals surface area contributed by atoms with Crippen LogP contribution in [-0.2, 0) is 9.53 Å². The Morgan fingerprint density at radius 3 is 2.42 bits per heavy atom. The van der Waals surface area contributed by atoms with Gasteiger partial charge in [-0.25, -0.2) is 4.79 Å². The van der Waals surface area contributed by atoms with E-state index in [4.69, 9.17) is 9.16 Å². The molecule has 40 heavy (non-hydrogen) atoms. The number of aliphatic hydroxyl groups excluding tert-OH is 2. The van der Waals surface area contributed by atoms with Crippen LogP contribution in [0, 0.1) is 11.8 Å². The minimum Gasteiger partial charge on any atom is -0.543 e. The predicted molar refractivity (Wildman–Crippen MR) is 162 cm³/mol. The maximum atomic E-state index is 13.8. The van der Waals surface area contributed by atoms with Gasteiger partial charge in [0.1, 0.15) is 23.5 Å². The normalized spacial score (nSPS) is 27.2. The highest BCUT2D eigenvalue weighted by atomic mass is 28.4. The zero-order chi connectivity index (χ0) is 29.7. The summed E-state index contributed by atoms with van der Waals surface area (Å²) in [6.45, 7) is 17.2. The highest BCUT2D eigenvalue weighted by molar-refractivity contribution is 6.74. The number of piperidine rings is 1. The lowest BCUT2D eigenvalue weighted by molar-refractivity contribution is -0.127. The van der Waals surface area contributed by atoms with E-state index < -0.39 is 38.4 Å². The molecule has 1 aromatic rings. The first kappa shape index (κ1) is 32.1. The largest absolute Gasteiger partial charge is 0.543 e. The number of fused-ring (bicyclic) bond motifs is 1. The number of hydrogen-bond acceptors (Lipinski definition) is 8. The van der Waals surface area contributed by atoms with Crippen molar-refractivity contribution in [2.75, 3.05) is 25.0 Å². The number of aliphatic hydroxyl groups is 2. The zero-order valence-corrected chi connectivity index (χ0v) is 26.1. The third kappa shape index (κ3) is 8.28. The molecule has 3 rings (SSSR count). The summed E-state index contributed by atoms with van der Waals surface area (Å²) in [6.07, 6.45) is 5.12. The van der Waals surface area contributed by atoms with Crippen molar-refractivity contribution in [3.63, 3.8) is 0 Å². The molecule has 4 N–H and O–H groups in total. The van der Waals surface area contributed by atoms with Crippen LogP contribution in [0.1, 0.15) is 69.8 Å². The molecular formula is C31H48N2O6Si. The fourth-order valence-corrected chi connectivity index (χ4v) is 5.45. The average molecular weight is 573 g/mol. The lowest BCUT2D eigenvalue weighted by Crippen LogP contribution is -2.44. The molecule has 0 aromatic heterocycles. The molecule has 0 amide bonds. The van der Waals surface area contributed by atoms with Gasteiger partial charge in [-0.3, -0.25) is 4.79 Å². The minimum absolute atomic E-state index is 0.0341. The highest BCUT2D eigenvalue weighted by Crippen LogP contribution is 2.40. The molecule has 0 saturated carbocycles. The van der Waals surface area contributed by atoms with E-state index in [-0.39, 0.29) is 17.4 Å². The topological polar surface area (TPSA) is 117 Å². The number of carbonyl (C=O) groups excluding carboxylic acids is 2. The van der Waals surface area contributed by atoms with Gasteiger partial charge in [-0.2, -0.15) is 0 Å². The number of ketones is 1. The summed E-state index contributed by atoms with van der Waals surface area (Å²) in [5.41, 5.74) is 1.76. The minimum atomic E-state index is -2.34. The summed E-state index contributed by atoms with van der Waals surface area (Å²) in [5, 5.41) is 27.7. The summed E-state index contributed by atoms with van der Waals surface area (Å²) in [5.74, 6) is -0.363. The summed E-state index contributed by atoms with van der Waals surface area (Å²) in [7, 11) is -2.34. The first-order valence-corrected chi connectivity index (χ1v) is 17.4. The Balaban J connectivity index is 2.10. The van der Waals surface area contributed by atoms with E-state index in [0.29, 0.717) is 22.8 Å². The number of anilines is 1. The SMILES string of the molecule is C[C@@H]1/C=C\C(=O)[C@@H](O)[C@@H](O)C/C=C/c2cc(NCC3CCNCC3)cc(O[Si](C)(C)C(C)(C)C)c2C(=O)O[C@H]1C. The number of cyclic esters (lactones) is 1. The van der Waals surface area contributed by atoms with Crippen LogP contribution in [0.3, 0.4) is 0 Å². The maximum absolute atomic E-state index is 13.8. The Hall–Kier alpha value is -2.46. The molecule has 0 bridgehead atoms. The van der Waals surface area contributed by atoms with Gasteiger partial charge in [0.05, 0.1) is 6.10 Å². The molecule has 2 heterocycles. The Morgan fingerprint density at radius 1 is 1.10 bits per heavy atom. The lowest BCUT2D eigenvalue weighted by atomic mass is 9.97. The van der Waals surface area contributed by atoms with Crippen molar-refractivity contribution in [1.29, 1.82) is 0 Å². The van der Waals surface area contributed by atoms with Gasteiger partial charge < -0.3 is 30.0 Å². The molecule has 0 aliphatic carbocycles.